The Labute approximate surface area is 101 Å². The van der Waals surface area contributed by atoms with Gasteiger partial charge in [-0.05, 0) is 45.2 Å². The Hall–Kier alpha value is -0.0800. The Bertz CT molecular complexity index is 184. The molecule has 3 atom stereocenters. The lowest BCUT2D eigenvalue weighted by molar-refractivity contribution is 0.0131. The fourth-order valence-electron chi connectivity index (χ4n) is 2.84. The molecule has 1 N–H and O–H groups in total. The predicted octanol–water partition coefficient (Wildman–Crippen LogP) is 3.05. The average Bonchev–Trinajstić information content (AvgIpc) is 2.30. The maximum Gasteiger partial charge on any atom is 0.0695 e. The number of aliphatic hydroxyl groups excluding tert-OH is 1. The number of aliphatic hydroxyl groups is 1. The zero-order chi connectivity index (χ0) is 12.0. The van der Waals surface area contributed by atoms with Crippen molar-refractivity contribution in [2.45, 2.75) is 70.9 Å². The summed E-state index contributed by atoms with van der Waals surface area (Å²) >= 11 is 0. The first-order valence-electron chi connectivity index (χ1n) is 7.07. The highest BCUT2D eigenvalue weighted by atomic mass is 16.3. The van der Waals surface area contributed by atoms with Gasteiger partial charge in [0.2, 0.25) is 0 Å². The Morgan fingerprint density at radius 2 is 1.94 bits per heavy atom. The fourth-order valence-corrected chi connectivity index (χ4v) is 2.84. The SMILES string of the molecule is CCCCCN(C)C1CC(CC)CCC1O. The van der Waals surface area contributed by atoms with Gasteiger partial charge in [-0.3, -0.25) is 0 Å². The standard InChI is InChI=1S/C14H29NO/c1-4-6-7-10-15(3)13-11-12(5-2)8-9-14(13)16/h12-14,16H,4-11H2,1-3H3. The molecule has 0 bridgehead atoms. The smallest absolute Gasteiger partial charge is 0.0695 e. The third kappa shape index (κ3) is 4.06. The van der Waals surface area contributed by atoms with Crippen LogP contribution in [0.1, 0.15) is 58.8 Å². The summed E-state index contributed by atoms with van der Waals surface area (Å²) in [5.41, 5.74) is 0. The molecule has 1 rings (SSSR count). The molecule has 1 aliphatic carbocycles. The van der Waals surface area contributed by atoms with Crippen LogP contribution in [-0.2, 0) is 0 Å². The van der Waals surface area contributed by atoms with Gasteiger partial charge in [-0.15, -0.1) is 0 Å². The van der Waals surface area contributed by atoms with Gasteiger partial charge >= 0.3 is 0 Å². The number of nitrogens with zero attached hydrogens (tertiary/aromatic N) is 1. The fraction of sp³-hybridized carbons (Fsp3) is 1.00. The second kappa shape index (κ2) is 7.29. The molecule has 2 heteroatoms. The van der Waals surface area contributed by atoms with Gasteiger partial charge in [0.15, 0.2) is 0 Å². The van der Waals surface area contributed by atoms with E-state index in [1.807, 2.05) is 0 Å². The molecule has 1 saturated carbocycles. The molecule has 16 heavy (non-hydrogen) atoms. The largest absolute Gasteiger partial charge is 0.391 e. The summed E-state index contributed by atoms with van der Waals surface area (Å²) in [6.45, 7) is 5.66. The summed E-state index contributed by atoms with van der Waals surface area (Å²) in [5, 5.41) is 10.1. The Morgan fingerprint density at radius 3 is 2.56 bits per heavy atom. The van der Waals surface area contributed by atoms with Crippen LogP contribution in [0.15, 0.2) is 0 Å². The van der Waals surface area contributed by atoms with Crippen LogP contribution in [0.2, 0.25) is 0 Å². The molecular formula is C14H29NO. The third-order valence-electron chi connectivity index (χ3n) is 4.15. The van der Waals surface area contributed by atoms with E-state index in [-0.39, 0.29) is 6.10 Å². The van der Waals surface area contributed by atoms with Crippen molar-refractivity contribution in [2.75, 3.05) is 13.6 Å². The van der Waals surface area contributed by atoms with Gasteiger partial charge in [-0.2, -0.15) is 0 Å². The van der Waals surface area contributed by atoms with Gasteiger partial charge < -0.3 is 10.0 Å². The van der Waals surface area contributed by atoms with E-state index >= 15 is 0 Å². The molecule has 2 nitrogen and oxygen atoms in total. The van der Waals surface area contributed by atoms with Gasteiger partial charge in [-0.1, -0.05) is 33.1 Å². The summed E-state index contributed by atoms with van der Waals surface area (Å²) in [5.74, 6) is 0.835. The van der Waals surface area contributed by atoms with E-state index in [1.165, 1.54) is 38.5 Å². The maximum atomic E-state index is 10.1. The highest BCUT2D eigenvalue weighted by Gasteiger charge is 2.30. The summed E-state index contributed by atoms with van der Waals surface area (Å²) in [6.07, 6.45) is 8.45. The minimum absolute atomic E-state index is 0.0885. The van der Waals surface area contributed by atoms with Crippen LogP contribution >= 0.6 is 0 Å². The van der Waals surface area contributed by atoms with Crippen LogP contribution in [-0.4, -0.2) is 35.7 Å². The van der Waals surface area contributed by atoms with E-state index in [1.54, 1.807) is 0 Å². The second-order valence-electron chi connectivity index (χ2n) is 5.41. The Balaban J connectivity index is 2.36. The van der Waals surface area contributed by atoms with Crippen molar-refractivity contribution < 1.29 is 5.11 Å². The minimum Gasteiger partial charge on any atom is -0.391 e. The van der Waals surface area contributed by atoms with Crippen molar-refractivity contribution in [1.82, 2.24) is 4.90 Å². The number of hydrogen-bond acceptors (Lipinski definition) is 2. The van der Waals surface area contributed by atoms with E-state index in [4.69, 9.17) is 0 Å². The van der Waals surface area contributed by atoms with E-state index in [0.29, 0.717) is 6.04 Å². The van der Waals surface area contributed by atoms with Crippen molar-refractivity contribution in [3.63, 3.8) is 0 Å². The minimum atomic E-state index is -0.0885. The number of likely N-dealkylation sites (N-methyl/N-ethyl adjacent to an activating group) is 1. The van der Waals surface area contributed by atoms with Gasteiger partial charge in [-0.25, -0.2) is 0 Å². The zero-order valence-corrected chi connectivity index (χ0v) is 11.3. The lowest BCUT2D eigenvalue weighted by Gasteiger charge is -2.38. The quantitative estimate of drug-likeness (QED) is 0.705. The monoisotopic (exact) mass is 227 g/mol. The number of unbranched alkanes of at least 4 members (excludes halogenated alkanes) is 2. The van der Waals surface area contributed by atoms with E-state index < -0.39 is 0 Å². The average molecular weight is 227 g/mol. The highest BCUT2D eigenvalue weighted by Crippen LogP contribution is 2.29. The van der Waals surface area contributed by atoms with Crippen molar-refractivity contribution >= 4 is 0 Å². The number of hydrogen-bond donors (Lipinski definition) is 1. The van der Waals surface area contributed by atoms with Crippen LogP contribution < -0.4 is 0 Å². The van der Waals surface area contributed by atoms with Crippen LogP contribution in [0, 0.1) is 5.92 Å². The lowest BCUT2D eigenvalue weighted by atomic mass is 9.82. The van der Waals surface area contributed by atoms with E-state index in [2.05, 4.69) is 25.8 Å². The van der Waals surface area contributed by atoms with Crippen molar-refractivity contribution in [2.24, 2.45) is 5.92 Å². The van der Waals surface area contributed by atoms with Crippen molar-refractivity contribution in [3.8, 4) is 0 Å². The Morgan fingerprint density at radius 1 is 1.19 bits per heavy atom. The molecule has 0 saturated heterocycles. The van der Waals surface area contributed by atoms with Gasteiger partial charge in [0.05, 0.1) is 6.10 Å². The van der Waals surface area contributed by atoms with Crippen LogP contribution in [0.3, 0.4) is 0 Å². The number of rotatable bonds is 6. The van der Waals surface area contributed by atoms with E-state index in [0.717, 1.165) is 18.9 Å². The van der Waals surface area contributed by atoms with Crippen molar-refractivity contribution in [1.29, 1.82) is 0 Å². The molecule has 0 aromatic rings. The second-order valence-corrected chi connectivity index (χ2v) is 5.41. The molecule has 0 radical (unpaired) electrons. The highest BCUT2D eigenvalue weighted by molar-refractivity contribution is 4.85. The zero-order valence-electron chi connectivity index (χ0n) is 11.3. The first kappa shape index (κ1) is 14.0. The van der Waals surface area contributed by atoms with E-state index in [9.17, 15) is 5.11 Å². The Kier molecular flexibility index (Phi) is 6.37. The summed E-state index contributed by atoms with van der Waals surface area (Å²) < 4.78 is 0. The van der Waals surface area contributed by atoms with Gasteiger partial charge in [0.25, 0.3) is 0 Å². The normalized spacial score (nSPS) is 30.9. The molecule has 0 spiro atoms. The molecular weight excluding hydrogens is 198 g/mol. The summed E-state index contributed by atoms with van der Waals surface area (Å²) in [4.78, 5) is 2.39. The molecule has 0 aliphatic heterocycles. The predicted molar refractivity (Wildman–Crippen MR) is 69.6 cm³/mol. The summed E-state index contributed by atoms with van der Waals surface area (Å²) in [6, 6.07) is 0.413. The molecule has 0 heterocycles. The molecule has 96 valence electrons. The maximum absolute atomic E-state index is 10.1. The van der Waals surface area contributed by atoms with Crippen LogP contribution in [0.4, 0.5) is 0 Å². The molecule has 1 aliphatic rings. The molecule has 0 amide bonds. The van der Waals surface area contributed by atoms with Gasteiger partial charge in [0.1, 0.15) is 0 Å². The molecule has 0 aromatic heterocycles. The lowest BCUT2D eigenvalue weighted by Crippen LogP contribution is -2.45. The molecule has 0 aromatic carbocycles. The molecule has 1 fully saturated rings. The van der Waals surface area contributed by atoms with Gasteiger partial charge in [0, 0.05) is 6.04 Å². The first-order chi connectivity index (χ1) is 7.69. The van der Waals surface area contributed by atoms with Crippen LogP contribution in [0.5, 0.6) is 0 Å². The topological polar surface area (TPSA) is 23.5 Å². The molecule has 3 unspecified atom stereocenters. The first-order valence-corrected chi connectivity index (χ1v) is 7.07. The van der Waals surface area contributed by atoms with Crippen LogP contribution in [0.25, 0.3) is 0 Å². The van der Waals surface area contributed by atoms with Crippen molar-refractivity contribution in [3.05, 3.63) is 0 Å². The third-order valence-corrected chi connectivity index (χ3v) is 4.15. The summed E-state index contributed by atoms with van der Waals surface area (Å²) in [7, 11) is 2.18.